The van der Waals surface area contributed by atoms with Gasteiger partial charge in [0.2, 0.25) is 0 Å². The molecule has 0 saturated carbocycles. The molecular weight excluding hydrogens is 332 g/mol. The molecule has 146 valence electrons. The van der Waals surface area contributed by atoms with E-state index in [1.54, 1.807) is 21.1 Å². The molecule has 1 aromatic carbocycles. The number of hydrogen-bond acceptors (Lipinski definition) is 5. The second-order valence-electron chi connectivity index (χ2n) is 6.54. The Morgan fingerprint density at radius 3 is 2.46 bits per heavy atom. The first-order valence-electron chi connectivity index (χ1n) is 8.98. The molecule has 5 heteroatoms. The Kier molecular flexibility index (Phi) is 10.1. The second kappa shape index (κ2) is 11.8. The predicted molar refractivity (Wildman–Crippen MR) is 102 cm³/mol. The zero-order valence-corrected chi connectivity index (χ0v) is 16.5. The fourth-order valence-corrected chi connectivity index (χ4v) is 2.73. The van der Waals surface area contributed by atoms with Gasteiger partial charge in [-0.05, 0) is 31.4 Å². The van der Waals surface area contributed by atoms with Gasteiger partial charge in [-0.25, -0.2) is 0 Å². The summed E-state index contributed by atoms with van der Waals surface area (Å²) in [6.45, 7) is 6.51. The van der Waals surface area contributed by atoms with Crippen LogP contribution in [0, 0.1) is 23.7 Å². The van der Waals surface area contributed by atoms with Crippen LogP contribution in [0.15, 0.2) is 18.2 Å². The van der Waals surface area contributed by atoms with Crippen LogP contribution >= 0.6 is 0 Å². The quantitative estimate of drug-likeness (QED) is 0.467. The van der Waals surface area contributed by atoms with Crippen molar-refractivity contribution >= 4 is 0 Å². The highest BCUT2D eigenvalue weighted by Crippen LogP contribution is 2.25. The van der Waals surface area contributed by atoms with Crippen molar-refractivity contribution in [3.8, 4) is 23.3 Å². The molecule has 0 radical (unpaired) electrons. The first-order valence-corrected chi connectivity index (χ1v) is 8.98. The van der Waals surface area contributed by atoms with Gasteiger partial charge in [0.05, 0.1) is 33.0 Å². The molecule has 0 aromatic heterocycles. The summed E-state index contributed by atoms with van der Waals surface area (Å²) < 4.78 is 16.3. The lowest BCUT2D eigenvalue weighted by molar-refractivity contribution is -0.0141. The van der Waals surface area contributed by atoms with Crippen molar-refractivity contribution in [2.24, 2.45) is 11.8 Å². The Balaban J connectivity index is 2.43. The summed E-state index contributed by atoms with van der Waals surface area (Å²) in [5.41, 5.74) is 0.948. The molecule has 0 bridgehead atoms. The smallest absolute Gasteiger partial charge is 0.128 e. The van der Waals surface area contributed by atoms with Crippen LogP contribution in [0.1, 0.15) is 39.2 Å². The molecule has 5 nitrogen and oxygen atoms in total. The third kappa shape index (κ3) is 6.87. The fraction of sp³-hybridized carbons (Fsp3) is 0.619. The van der Waals surface area contributed by atoms with E-state index in [1.165, 1.54) is 0 Å². The lowest BCUT2D eigenvalue weighted by Crippen LogP contribution is -2.34. The van der Waals surface area contributed by atoms with E-state index in [4.69, 9.17) is 14.2 Å². The van der Waals surface area contributed by atoms with Crippen LogP contribution in [0.25, 0.3) is 0 Å². The number of methoxy groups -OCH3 is 2. The molecule has 0 unspecified atom stereocenters. The molecule has 4 atom stereocenters. The predicted octanol–water partition coefficient (Wildman–Crippen LogP) is 3.02. The van der Waals surface area contributed by atoms with Crippen molar-refractivity contribution < 1.29 is 24.4 Å². The zero-order valence-electron chi connectivity index (χ0n) is 16.5. The van der Waals surface area contributed by atoms with Crippen molar-refractivity contribution in [1.29, 1.82) is 0 Å². The van der Waals surface area contributed by atoms with Crippen molar-refractivity contribution in [2.75, 3.05) is 20.8 Å². The summed E-state index contributed by atoms with van der Waals surface area (Å²) in [7, 11) is 3.23. The van der Waals surface area contributed by atoms with Crippen molar-refractivity contribution in [3.05, 3.63) is 23.8 Å². The van der Waals surface area contributed by atoms with Crippen molar-refractivity contribution in [3.63, 3.8) is 0 Å². The summed E-state index contributed by atoms with van der Waals surface area (Å²) in [4.78, 5) is 0. The number of ether oxygens (including phenoxy) is 3. The first-order chi connectivity index (χ1) is 12.4. The van der Waals surface area contributed by atoms with Crippen LogP contribution in [0.4, 0.5) is 0 Å². The number of rotatable bonds is 11. The van der Waals surface area contributed by atoms with Gasteiger partial charge in [-0.1, -0.05) is 13.8 Å². The van der Waals surface area contributed by atoms with E-state index in [1.807, 2.05) is 32.0 Å². The molecular formula is C21H32O5. The largest absolute Gasteiger partial charge is 0.497 e. The third-order valence-electron chi connectivity index (χ3n) is 4.69. The van der Waals surface area contributed by atoms with E-state index in [9.17, 15) is 10.2 Å². The van der Waals surface area contributed by atoms with E-state index < -0.39 is 12.2 Å². The summed E-state index contributed by atoms with van der Waals surface area (Å²) in [6, 6.07) is 5.62. The van der Waals surface area contributed by atoms with Gasteiger partial charge in [-0.2, -0.15) is 0 Å². The molecule has 0 heterocycles. The normalized spacial score (nSPS) is 15.3. The molecule has 0 aliphatic heterocycles. The Bertz CT molecular complexity index is 590. The molecule has 0 spiro atoms. The van der Waals surface area contributed by atoms with Crippen LogP contribution < -0.4 is 9.47 Å². The summed E-state index contributed by atoms with van der Waals surface area (Å²) >= 11 is 0. The molecule has 0 amide bonds. The highest BCUT2D eigenvalue weighted by atomic mass is 16.5. The van der Waals surface area contributed by atoms with E-state index in [0.717, 1.165) is 17.1 Å². The van der Waals surface area contributed by atoms with Crippen LogP contribution in [0.3, 0.4) is 0 Å². The van der Waals surface area contributed by atoms with E-state index in [0.29, 0.717) is 26.1 Å². The molecule has 0 aliphatic carbocycles. The van der Waals surface area contributed by atoms with Gasteiger partial charge in [0.15, 0.2) is 0 Å². The van der Waals surface area contributed by atoms with Gasteiger partial charge < -0.3 is 24.4 Å². The maximum Gasteiger partial charge on any atom is 0.128 e. The number of aliphatic hydroxyl groups excluding tert-OH is 2. The standard InChI is InChI=1S/C21H32O5/c1-6-7-8-19(22)16(3)21(23)15(2)11-12-26-14-17-9-10-18(24-4)13-20(17)25-5/h9-10,13,15-16,19,21-23H,8,11-12,14H2,1-5H3/t15-,16-,19+,21-/m1/s1. The third-order valence-corrected chi connectivity index (χ3v) is 4.69. The summed E-state index contributed by atoms with van der Waals surface area (Å²) in [5.74, 6) is 6.88. The Morgan fingerprint density at radius 1 is 1.12 bits per heavy atom. The first kappa shape index (κ1) is 22.3. The van der Waals surface area contributed by atoms with Gasteiger partial charge in [0, 0.05) is 30.6 Å². The minimum atomic E-state index is -0.621. The molecule has 2 N–H and O–H groups in total. The number of hydrogen-bond donors (Lipinski definition) is 2. The van der Waals surface area contributed by atoms with Crippen LogP contribution in [0.2, 0.25) is 0 Å². The molecule has 26 heavy (non-hydrogen) atoms. The molecule has 0 fully saturated rings. The average molecular weight is 364 g/mol. The highest BCUT2D eigenvalue weighted by Gasteiger charge is 2.26. The second-order valence-corrected chi connectivity index (χ2v) is 6.54. The van der Waals surface area contributed by atoms with Gasteiger partial charge in [0.1, 0.15) is 11.5 Å². The van der Waals surface area contributed by atoms with Gasteiger partial charge in [-0.3, -0.25) is 0 Å². The maximum atomic E-state index is 10.4. The SMILES string of the molecule is CC#CC[C@H](O)[C@@H](C)[C@H](O)[C@H](C)CCOCc1ccc(OC)cc1OC. The van der Waals surface area contributed by atoms with Crippen LogP contribution in [-0.2, 0) is 11.3 Å². The van der Waals surface area contributed by atoms with E-state index >= 15 is 0 Å². The highest BCUT2D eigenvalue weighted by molar-refractivity contribution is 5.40. The van der Waals surface area contributed by atoms with Crippen LogP contribution in [0.5, 0.6) is 11.5 Å². The Labute approximate surface area is 157 Å². The topological polar surface area (TPSA) is 68.2 Å². The molecule has 1 rings (SSSR count). The summed E-state index contributed by atoms with van der Waals surface area (Å²) in [6.07, 6.45) is -0.127. The van der Waals surface area contributed by atoms with Gasteiger partial charge >= 0.3 is 0 Å². The van der Waals surface area contributed by atoms with Gasteiger partial charge in [0.25, 0.3) is 0 Å². The van der Waals surface area contributed by atoms with Gasteiger partial charge in [-0.15, -0.1) is 11.8 Å². The molecule has 1 aromatic rings. The number of aliphatic hydroxyl groups is 2. The summed E-state index contributed by atoms with van der Waals surface area (Å²) in [5, 5.41) is 20.5. The zero-order chi connectivity index (χ0) is 19.5. The minimum Gasteiger partial charge on any atom is -0.497 e. The Morgan fingerprint density at radius 2 is 1.85 bits per heavy atom. The van der Waals surface area contributed by atoms with Crippen molar-refractivity contribution in [1.82, 2.24) is 0 Å². The van der Waals surface area contributed by atoms with Crippen LogP contribution in [-0.4, -0.2) is 43.2 Å². The average Bonchev–Trinajstić information content (AvgIpc) is 2.67. The molecule has 0 aliphatic rings. The lowest BCUT2D eigenvalue weighted by Gasteiger charge is -2.27. The monoisotopic (exact) mass is 364 g/mol. The molecule has 0 saturated heterocycles. The van der Waals surface area contributed by atoms with Crippen molar-refractivity contribution in [2.45, 2.75) is 52.4 Å². The Hall–Kier alpha value is -1.74. The maximum absolute atomic E-state index is 10.4. The fourth-order valence-electron chi connectivity index (χ4n) is 2.73. The van der Waals surface area contributed by atoms with E-state index in [2.05, 4.69) is 11.8 Å². The number of benzene rings is 1. The minimum absolute atomic E-state index is 0.0204. The van der Waals surface area contributed by atoms with E-state index in [-0.39, 0.29) is 11.8 Å². The lowest BCUT2D eigenvalue weighted by atomic mass is 9.87.